The molecule has 1 saturated heterocycles. The Labute approximate surface area is 79.0 Å². The largest absolute Gasteiger partial charge is 0.462 e. The van der Waals surface area contributed by atoms with E-state index in [1.807, 2.05) is 0 Å². The summed E-state index contributed by atoms with van der Waals surface area (Å²) in [6.45, 7) is 0.618. The molecule has 1 aliphatic heterocycles. The smallest absolute Gasteiger partial charge is 0.333 e. The summed E-state index contributed by atoms with van der Waals surface area (Å²) < 4.78 is 5.12. The molecule has 0 radical (unpaired) electrons. The Bertz CT molecular complexity index is 230. The first-order valence-corrected chi connectivity index (χ1v) is 5.25. The van der Waals surface area contributed by atoms with Crippen molar-refractivity contribution in [2.24, 2.45) is 5.92 Å². The second-order valence-corrected chi connectivity index (χ2v) is 3.92. The van der Waals surface area contributed by atoms with E-state index >= 15 is 0 Å². The lowest BCUT2D eigenvalue weighted by atomic mass is 9.92. The molecule has 1 unspecified atom stereocenters. The fraction of sp³-hybridized carbons (Fsp3) is 0.727. The molecule has 0 aromatic rings. The summed E-state index contributed by atoms with van der Waals surface area (Å²) in [6, 6.07) is 0. The predicted octanol–water partition coefficient (Wildman–Crippen LogP) is 2.44. The monoisotopic (exact) mass is 180 g/mol. The minimum atomic E-state index is -0.0515. The molecule has 2 heteroatoms. The molecule has 1 aliphatic carbocycles. The maximum Gasteiger partial charge on any atom is 0.333 e. The Kier molecular flexibility index (Phi) is 2.67. The standard InChI is InChI=1S/C11H16O2/c12-11-10-7-3-1-2-5-9(10)6-4-8-13-11/h7,9H,1-6,8H2. The molecule has 0 saturated carbocycles. The molecule has 0 N–H and O–H groups in total. The van der Waals surface area contributed by atoms with Gasteiger partial charge in [0.05, 0.1) is 6.61 Å². The molecule has 2 aliphatic rings. The van der Waals surface area contributed by atoms with Crippen LogP contribution in [-0.4, -0.2) is 12.6 Å². The zero-order valence-corrected chi connectivity index (χ0v) is 7.92. The number of fused-ring (bicyclic) bond motifs is 1. The second-order valence-electron chi connectivity index (χ2n) is 3.92. The molecule has 13 heavy (non-hydrogen) atoms. The molecule has 0 aromatic heterocycles. The van der Waals surface area contributed by atoms with Crippen molar-refractivity contribution in [2.45, 2.75) is 38.5 Å². The maximum atomic E-state index is 11.5. The summed E-state index contributed by atoms with van der Waals surface area (Å²) in [5, 5.41) is 0. The average molecular weight is 180 g/mol. The van der Waals surface area contributed by atoms with Crippen LogP contribution in [0.3, 0.4) is 0 Å². The molecule has 1 atom stereocenters. The zero-order chi connectivity index (χ0) is 9.10. The Morgan fingerprint density at radius 1 is 1.23 bits per heavy atom. The van der Waals surface area contributed by atoms with Gasteiger partial charge in [0, 0.05) is 5.57 Å². The minimum absolute atomic E-state index is 0.0515. The third-order valence-corrected chi connectivity index (χ3v) is 2.98. The van der Waals surface area contributed by atoms with Gasteiger partial charge >= 0.3 is 5.97 Å². The molecule has 0 bridgehead atoms. The van der Waals surface area contributed by atoms with E-state index in [0.29, 0.717) is 12.5 Å². The fourth-order valence-corrected chi connectivity index (χ4v) is 2.24. The van der Waals surface area contributed by atoms with Gasteiger partial charge in [0.2, 0.25) is 0 Å². The molecule has 2 nitrogen and oxygen atoms in total. The number of rotatable bonds is 0. The summed E-state index contributed by atoms with van der Waals surface area (Å²) in [5.41, 5.74) is 0.968. The van der Waals surface area contributed by atoms with Crippen molar-refractivity contribution >= 4 is 5.97 Å². The van der Waals surface area contributed by atoms with Crippen LogP contribution in [0.5, 0.6) is 0 Å². The van der Waals surface area contributed by atoms with Crippen molar-refractivity contribution in [3.05, 3.63) is 11.6 Å². The number of hydrogen-bond donors (Lipinski definition) is 0. The molecular weight excluding hydrogens is 164 g/mol. The minimum Gasteiger partial charge on any atom is -0.462 e. The number of ether oxygens (including phenoxy) is 1. The molecule has 0 spiro atoms. The van der Waals surface area contributed by atoms with E-state index in [0.717, 1.165) is 24.8 Å². The van der Waals surface area contributed by atoms with E-state index in [-0.39, 0.29) is 5.97 Å². The van der Waals surface area contributed by atoms with E-state index in [1.54, 1.807) is 0 Å². The molecule has 72 valence electrons. The third kappa shape index (κ3) is 1.93. The van der Waals surface area contributed by atoms with E-state index in [2.05, 4.69) is 6.08 Å². The van der Waals surface area contributed by atoms with Gasteiger partial charge in [-0.15, -0.1) is 0 Å². The Balaban J connectivity index is 2.19. The molecule has 1 fully saturated rings. The predicted molar refractivity (Wildman–Crippen MR) is 50.2 cm³/mol. The highest BCUT2D eigenvalue weighted by Crippen LogP contribution is 2.30. The molecule has 0 aromatic carbocycles. The third-order valence-electron chi connectivity index (χ3n) is 2.98. The first-order chi connectivity index (χ1) is 6.38. The van der Waals surface area contributed by atoms with E-state index in [1.165, 1.54) is 19.3 Å². The van der Waals surface area contributed by atoms with Gasteiger partial charge < -0.3 is 4.74 Å². The van der Waals surface area contributed by atoms with Gasteiger partial charge in [0.25, 0.3) is 0 Å². The highest BCUT2D eigenvalue weighted by molar-refractivity contribution is 5.89. The van der Waals surface area contributed by atoms with Gasteiger partial charge in [-0.2, -0.15) is 0 Å². The van der Waals surface area contributed by atoms with Gasteiger partial charge in [0.15, 0.2) is 0 Å². The molecule has 2 rings (SSSR count). The first kappa shape index (κ1) is 8.79. The number of allylic oxidation sites excluding steroid dienone is 1. The molecule has 1 heterocycles. The highest BCUT2D eigenvalue weighted by atomic mass is 16.5. The SMILES string of the molecule is O=C1OCCCC2CCCCC=C12. The van der Waals surface area contributed by atoms with Crippen LogP contribution in [0.2, 0.25) is 0 Å². The lowest BCUT2D eigenvalue weighted by Gasteiger charge is -2.12. The number of hydrogen-bond acceptors (Lipinski definition) is 2. The average Bonchev–Trinajstić information content (AvgIpc) is 2.43. The van der Waals surface area contributed by atoms with Crippen LogP contribution in [0.1, 0.15) is 38.5 Å². The fourth-order valence-electron chi connectivity index (χ4n) is 2.24. The maximum absolute atomic E-state index is 11.5. The summed E-state index contributed by atoms with van der Waals surface area (Å²) in [6.07, 6.45) is 9.00. The topological polar surface area (TPSA) is 26.3 Å². The number of carbonyl (C=O) groups is 1. The molecule has 0 amide bonds. The Hall–Kier alpha value is -0.790. The number of esters is 1. The lowest BCUT2D eigenvalue weighted by molar-refractivity contribution is -0.138. The van der Waals surface area contributed by atoms with Gasteiger partial charge in [0.1, 0.15) is 0 Å². The normalized spacial score (nSPS) is 29.4. The quantitative estimate of drug-likeness (QED) is 0.535. The van der Waals surface area contributed by atoms with Crippen molar-refractivity contribution in [1.29, 1.82) is 0 Å². The summed E-state index contributed by atoms with van der Waals surface area (Å²) in [7, 11) is 0. The van der Waals surface area contributed by atoms with Gasteiger partial charge in [-0.1, -0.05) is 12.5 Å². The van der Waals surface area contributed by atoms with Crippen molar-refractivity contribution in [3.63, 3.8) is 0 Å². The van der Waals surface area contributed by atoms with Gasteiger partial charge in [-0.05, 0) is 38.0 Å². The first-order valence-electron chi connectivity index (χ1n) is 5.25. The van der Waals surface area contributed by atoms with Gasteiger partial charge in [-0.3, -0.25) is 0 Å². The van der Waals surface area contributed by atoms with E-state index in [9.17, 15) is 4.79 Å². The van der Waals surface area contributed by atoms with Crippen molar-refractivity contribution in [2.75, 3.05) is 6.61 Å². The number of carbonyl (C=O) groups excluding carboxylic acids is 1. The number of cyclic esters (lactones) is 1. The Morgan fingerprint density at radius 3 is 3.00 bits per heavy atom. The van der Waals surface area contributed by atoms with E-state index < -0.39 is 0 Å². The zero-order valence-electron chi connectivity index (χ0n) is 7.92. The summed E-state index contributed by atoms with van der Waals surface area (Å²) >= 11 is 0. The van der Waals surface area contributed by atoms with Crippen LogP contribution < -0.4 is 0 Å². The van der Waals surface area contributed by atoms with E-state index in [4.69, 9.17) is 4.74 Å². The summed E-state index contributed by atoms with van der Waals surface area (Å²) in [5.74, 6) is 0.446. The van der Waals surface area contributed by atoms with Crippen LogP contribution >= 0.6 is 0 Å². The van der Waals surface area contributed by atoms with Crippen LogP contribution in [0.4, 0.5) is 0 Å². The van der Waals surface area contributed by atoms with Crippen LogP contribution in [0.15, 0.2) is 11.6 Å². The van der Waals surface area contributed by atoms with Crippen molar-refractivity contribution in [3.8, 4) is 0 Å². The second kappa shape index (κ2) is 3.95. The Morgan fingerprint density at radius 2 is 2.08 bits per heavy atom. The van der Waals surface area contributed by atoms with Crippen molar-refractivity contribution < 1.29 is 9.53 Å². The van der Waals surface area contributed by atoms with Crippen molar-refractivity contribution in [1.82, 2.24) is 0 Å². The van der Waals surface area contributed by atoms with Crippen LogP contribution in [0.25, 0.3) is 0 Å². The van der Waals surface area contributed by atoms with Crippen LogP contribution in [0, 0.1) is 5.92 Å². The van der Waals surface area contributed by atoms with Gasteiger partial charge in [-0.25, -0.2) is 4.79 Å². The highest BCUT2D eigenvalue weighted by Gasteiger charge is 2.25. The molecular formula is C11H16O2. The summed E-state index contributed by atoms with van der Waals surface area (Å²) in [4.78, 5) is 11.5. The lowest BCUT2D eigenvalue weighted by Crippen LogP contribution is -2.11. The van der Waals surface area contributed by atoms with Crippen LogP contribution in [-0.2, 0) is 9.53 Å².